The fourth-order valence-corrected chi connectivity index (χ4v) is 3.65. The molecule has 158 valence electrons. The maximum absolute atomic E-state index is 13.1. The van der Waals surface area contributed by atoms with Crippen molar-refractivity contribution < 1.29 is 9.53 Å². The molecular formula is C25H21N5O2. The molecule has 3 heterocycles. The Hall–Kier alpha value is -4.39. The lowest BCUT2D eigenvalue weighted by atomic mass is 10.1. The van der Waals surface area contributed by atoms with Crippen LogP contribution < -0.4 is 10.1 Å². The van der Waals surface area contributed by atoms with Gasteiger partial charge >= 0.3 is 0 Å². The molecule has 0 spiro atoms. The van der Waals surface area contributed by atoms with Crippen LogP contribution in [0.1, 0.15) is 10.5 Å². The lowest BCUT2D eigenvalue weighted by Gasteiger charge is -2.11. The normalized spacial score (nSPS) is 10.9. The molecule has 2 aromatic carbocycles. The molecule has 0 bridgehead atoms. The number of pyridine rings is 1. The summed E-state index contributed by atoms with van der Waals surface area (Å²) in [6.07, 6.45) is 3.90. The van der Waals surface area contributed by atoms with Crippen molar-refractivity contribution in [2.24, 2.45) is 7.05 Å². The molecule has 0 aliphatic carbocycles. The summed E-state index contributed by atoms with van der Waals surface area (Å²) in [5, 5.41) is 7.46. The zero-order valence-corrected chi connectivity index (χ0v) is 17.7. The molecule has 5 aromatic rings. The Kier molecular flexibility index (Phi) is 4.91. The molecule has 1 amide bonds. The van der Waals surface area contributed by atoms with E-state index >= 15 is 0 Å². The molecule has 3 aromatic heterocycles. The molecule has 0 atom stereocenters. The van der Waals surface area contributed by atoms with Crippen molar-refractivity contribution in [1.82, 2.24) is 19.2 Å². The van der Waals surface area contributed by atoms with Crippen LogP contribution in [-0.2, 0) is 7.05 Å². The quantitative estimate of drug-likeness (QED) is 0.446. The smallest absolute Gasteiger partial charge is 0.274 e. The van der Waals surface area contributed by atoms with Crippen LogP contribution in [0.15, 0.2) is 85.2 Å². The first-order valence-corrected chi connectivity index (χ1v) is 10.2. The predicted octanol–water partition coefficient (Wildman–Crippen LogP) is 4.66. The number of rotatable bonds is 5. The zero-order chi connectivity index (χ0) is 22.1. The second-order valence-corrected chi connectivity index (χ2v) is 7.37. The first kappa shape index (κ1) is 19.6. The minimum Gasteiger partial charge on any atom is -0.495 e. The summed E-state index contributed by atoms with van der Waals surface area (Å²) < 4.78 is 9.01. The lowest BCUT2D eigenvalue weighted by Crippen LogP contribution is -2.16. The first-order valence-electron chi connectivity index (χ1n) is 10.2. The SMILES string of the molecule is COc1ccc(-c2cn3ccccc3n2)cc1NC(=O)c1cc(-c2ccccc2)nn1C. The van der Waals surface area contributed by atoms with Crippen molar-refractivity contribution in [2.45, 2.75) is 0 Å². The van der Waals surface area contributed by atoms with Crippen LogP contribution >= 0.6 is 0 Å². The van der Waals surface area contributed by atoms with E-state index in [1.807, 2.05) is 83.5 Å². The zero-order valence-electron chi connectivity index (χ0n) is 17.7. The number of hydrogen-bond acceptors (Lipinski definition) is 4. The van der Waals surface area contributed by atoms with Gasteiger partial charge in [0, 0.05) is 30.6 Å². The maximum atomic E-state index is 13.1. The van der Waals surface area contributed by atoms with E-state index < -0.39 is 0 Å². The van der Waals surface area contributed by atoms with Crippen LogP contribution in [0, 0.1) is 0 Å². The minimum absolute atomic E-state index is 0.271. The second-order valence-electron chi connectivity index (χ2n) is 7.37. The van der Waals surface area contributed by atoms with Gasteiger partial charge in [-0.05, 0) is 36.4 Å². The molecule has 0 aliphatic rings. The van der Waals surface area contributed by atoms with Crippen molar-refractivity contribution in [1.29, 1.82) is 0 Å². The van der Waals surface area contributed by atoms with Crippen molar-refractivity contribution >= 4 is 17.2 Å². The average molecular weight is 423 g/mol. The van der Waals surface area contributed by atoms with Crippen LogP contribution in [-0.4, -0.2) is 32.2 Å². The Morgan fingerprint density at radius 1 is 0.938 bits per heavy atom. The van der Waals surface area contributed by atoms with Gasteiger partial charge in [-0.25, -0.2) is 4.98 Å². The number of hydrogen-bond donors (Lipinski definition) is 1. The number of aryl methyl sites for hydroxylation is 1. The molecule has 0 saturated carbocycles. The van der Waals surface area contributed by atoms with Gasteiger partial charge in [-0.1, -0.05) is 36.4 Å². The van der Waals surface area contributed by atoms with E-state index in [1.54, 1.807) is 24.9 Å². The average Bonchev–Trinajstić information content (AvgIpc) is 3.43. The number of carbonyl (C=O) groups excluding carboxylic acids is 1. The Morgan fingerprint density at radius 3 is 2.53 bits per heavy atom. The van der Waals surface area contributed by atoms with Crippen molar-refractivity contribution in [2.75, 3.05) is 12.4 Å². The van der Waals surface area contributed by atoms with Gasteiger partial charge < -0.3 is 14.5 Å². The highest BCUT2D eigenvalue weighted by molar-refractivity contribution is 6.04. The summed E-state index contributed by atoms with van der Waals surface area (Å²) in [4.78, 5) is 17.8. The molecule has 0 unspecified atom stereocenters. The number of imidazole rings is 1. The molecule has 1 N–H and O–H groups in total. The Balaban J connectivity index is 1.46. The standard InChI is InChI=1S/C25H21N5O2/c1-29-22(15-19(28-29)17-8-4-3-5-9-17)25(31)27-20-14-18(11-12-23(20)32-2)21-16-30-13-7-6-10-24(30)26-21/h3-16H,1-2H3,(H,27,31). The van der Waals surface area contributed by atoms with Crippen LogP contribution in [0.5, 0.6) is 5.75 Å². The summed E-state index contributed by atoms with van der Waals surface area (Å²) in [6.45, 7) is 0. The molecule has 7 nitrogen and oxygen atoms in total. The van der Waals surface area contributed by atoms with E-state index in [-0.39, 0.29) is 5.91 Å². The Bertz CT molecular complexity index is 1390. The summed E-state index contributed by atoms with van der Waals surface area (Å²) in [7, 11) is 3.33. The van der Waals surface area contributed by atoms with E-state index in [1.165, 1.54) is 0 Å². The van der Waals surface area contributed by atoms with E-state index in [9.17, 15) is 4.79 Å². The maximum Gasteiger partial charge on any atom is 0.274 e. The number of nitrogens with one attached hydrogen (secondary N) is 1. The van der Waals surface area contributed by atoms with Gasteiger partial charge in [-0.15, -0.1) is 0 Å². The summed E-state index contributed by atoms with van der Waals surface area (Å²) >= 11 is 0. The van der Waals surface area contributed by atoms with Gasteiger partial charge in [0.2, 0.25) is 0 Å². The molecule has 0 aliphatic heterocycles. The number of fused-ring (bicyclic) bond motifs is 1. The lowest BCUT2D eigenvalue weighted by molar-refractivity contribution is 0.101. The number of aromatic nitrogens is 4. The van der Waals surface area contributed by atoms with Crippen LogP contribution in [0.25, 0.3) is 28.2 Å². The van der Waals surface area contributed by atoms with E-state index in [0.29, 0.717) is 17.1 Å². The van der Waals surface area contributed by atoms with Gasteiger partial charge in [0.15, 0.2) is 0 Å². The monoisotopic (exact) mass is 423 g/mol. The van der Waals surface area contributed by atoms with Gasteiger partial charge in [0.1, 0.15) is 17.1 Å². The molecule has 5 rings (SSSR count). The van der Waals surface area contributed by atoms with Gasteiger partial charge in [-0.3, -0.25) is 9.48 Å². The van der Waals surface area contributed by atoms with Crippen molar-refractivity contribution in [3.05, 3.63) is 90.9 Å². The molecule has 32 heavy (non-hydrogen) atoms. The van der Waals surface area contributed by atoms with E-state index in [0.717, 1.165) is 28.2 Å². The number of nitrogens with zero attached hydrogens (tertiary/aromatic N) is 4. The highest BCUT2D eigenvalue weighted by Gasteiger charge is 2.17. The van der Waals surface area contributed by atoms with Gasteiger partial charge in [0.25, 0.3) is 5.91 Å². The molecule has 0 fully saturated rings. The molecular weight excluding hydrogens is 402 g/mol. The topological polar surface area (TPSA) is 73.5 Å². The van der Waals surface area contributed by atoms with E-state index in [4.69, 9.17) is 4.74 Å². The number of anilines is 1. The first-order chi connectivity index (χ1) is 15.6. The highest BCUT2D eigenvalue weighted by atomic mass is 16.5. The fourth-order valence-electron chi connectivity index (χ4n) is 3.65. The summed E-state index contributed by atoms with van der Waals surface area (Å²) in [5.41, 5.74) is 5.24. The largest absolute Gasteiger partial charge is 0.495 e. The minimum atomic E-state index is -0.271. The second kappa shape index (κ2) is 8.03. The van der Waals surface area contributed by atoms with Gasteiger partial charge in [0.05, 0.1) is 24.2 Å². The summed E-state index contributed by atoms with van der Waals surface area (Å²) in [5.74, 6) is 0.295. The third-order valence-electron chi connectivity index (χ3n) is 5.29. The third kappa shape index (κ3) is 3.60. The number of benzene rings is 2. The van der Waals surface area contributed by atoms with Crippen molar-refractivity contribution in [3.8, 4) is 28.3 Å². The molecule has 7 heteroatoms. The van der Waals surface area contributed by atoms with E-state index in [2.05, 4.69) is 15.4 Å². The number of ether oxygens (including phenoxy) is 1. The Labute approximate surface area is 184 Å². The number of methoxy groups -OCH3 is 1. The molecule has 0 saturated heterocycles. The third-order valence-corrected chi connectivity index (χ3v) is 5.29. The van der Waals surface area contributed by atoms with Crippen LogP contribution in [0.4, 0.5) is 5.69 Å². The fraction of sp³-hybridized carbons (Fsp3) is 0.0800. The number of carbonyl (C=O) groups is 1. The van der Waals surface area contributed by atoms with Crippen LogP contribution in [0.3, 0.4) is 0 Å². The van der Waals surface area contributed by atoms with Crippen molar-refractivity contribution in [3.63, 3.8) is 0 Å². The van der Waals surface area contributed by atoms with Crippen LogP contribution in [0.2, 0.25) is 0 Å². The Morgan fingerprint density at radius 2 is 1.75 bits per heavy atom. The van der Waals surface area contributed by atoms with Gasteiger partial charge in [-0.2, -0.15) is 5.10 Å². The predicted molar refractivity (Wildman–Crippen MR) is 124 cm³/mol. The molecule has 0 radical (unpaired) electrons. The highest BCUT2D eigenvalue weighted by Crippen LogP contribution is 2.31. The summed E-state index contributed by atoms with van der Waals surface area (Å²) in [6, 6.07) is 23.0. The number of amides is 1.